The number of ether oxygens (including phenoxy) is 1. The van der Waals surface area contributed by atoms with Crippen molar-refractivity contribution < 1.29 is 9.53 Å². The predicted octanol–water partition coefficient (Wildman–Crippen LogP) is 5.23. The molecule has 5 aromatic rings. The molecule has 2 N–H and O–H groups in total. The molecule has 0 fully saturated rings. The van der Waals surface area contributed by atoms with Gasteiger partial charge in [-0.2, -0.15) is 0 Å². The van der Waals surface area contributed by atoms with E-state index in [1.165, 1.54) is 11.8 Å². The molecule has 38 heavy (non-hydrogen) atoms. The minimum Gasteiger partial charge on any atom is -0.494 e. The second-order valence-corrected chi connectivity index (χ2v) is 9.57. The molecule has 0 unspecified atom stereocenters. The Balaban J connectivity index is 1.45. The molecule has 0 aliphatic heterocycles. The zero-order valence-electron chi connectivity index (χ0n) is 21.0. The number of H-pyrrole nitrogens is 1. The standard InChI is InChI=1S/C30H28N4O3S/c1-2-37-24-15-13-23(14-16-24)34-29(36)28-27(25(19-32-28)22-11-7-4-8-12-22)33-30(34)38-20-26(35)31-18-17-21-9-5-3-6-10-21/h3-16,19,32H,2,17-18,20H2,1H3,(H,31,35). The van der Waals surface area contributed by atoms with E-state index in [9.17, 15) is 9.59 Å². The fourth-order valence-corrected chi connectivity index (χ4v) is 5.07. The van der Waals surface area contributed by atoms with Crippen molar-refractivity contribution in [1.82, 2.24) is 19.9 Å². The van der Waals surface area contributed by atoms with Crippen LogP contribution in [0.25, 0.3) is 27.8 Å². The fourth-order valence-electron chi connectivity index (χ4n) is 4.23. The van der Waals surface area contributed by atoms with Crippen molar-refractivity contribution in [3.63, 3.8) is 0 Å². The minimum absolute atomic E-state index is 0.115. The number of hydrogen-bond acceptors (Lipinski definition) is 5. The second-order valence-electron chi connectivity index (χ2n) is 8.63. The highest BCUT2D eigenvalue weighted by atomic mass is 32.2. The SMILES string of the molecule is CCOc1ccc(-n2c(SCC(=O)NCCc3ccccc3)nc3c(-c4ccccc4)c[nH]c3c2=O)cc1. The smallest absolute Gasteiger partial charge is 0.283 e. The third-order valence-corrected chi connectivity index (χ3v) is 7.01. The summed E-state index contributed by atoms with van der Waals surface area (Å²) in [5.41, 5.74) is 4.37. The van der Waals surface area contributed by atoms with E-state index in [4.69, 9.17) is 9.72 Å². The van der Waals surface area contributed by atoms with Crippen LogP contribution in [0, 0.1) is 0 Å². The average Bonchev–Trinajstić information content (AvgIpc) is 3.38. The van der Waals surface area contributed by atoms with Crippen LogP contribution < -0.4 is 15.6 Å². The molecule has 1 amide bonds. The van der Waals surface area contributed by atoms with Gasteiger partial charge in [-0.1, -0.05) is 72.4 Å². The normalized spacial score (nSPS) is 11.0. The molecule has 0 aliphatic carbocycles. The van der Waals surface area contributed by atoms with Gasteiger partial charge in [0.25, 0.3) is 5.56 Å². The summed E-state index contributed by atoms with van der Waals surface area (Å²) in [6.07, 6.45) is 2.56. The fraction of sp³-hybridized carbons (Fsp3) is 0.167. The number of nitrogens with one attached hydrogen (secondary N) is 2. The quantitative estimate of drug-likeness (QED) is 0.193. The molecule has 0 spiro atoms. The molecular formula is C30H28N4O3S. The number of fused-ring (bicyclic) bond motifs is 1. The summed E-state index contributed by atoms with van der Waals surface area (Å²) in [5.74, 6) is 0.738. The number of nitrogens with zero attached hydrogens (tertiary/aromatic N) is 2. The lowest BCUT2D eigenvalue weighted by Gasteiger charge is -2.13. The molecule has 0 saturated heterocycles. The molecule has 5 rings (SSSR count). The van der Waals surface area contributed by atoms with Crippen LogP contribution in [0.4, 0.5) is 0 Å². The molecule has 8 heteroatoms. The summed E-state index contributed by atoms with van der Waals surface area (Å²) in [5, 5.41) is 3.41. The van der Waals surface area contributed by atoms with E-state index >= 15 is 0 Å². The highest BCUT2D eigenvalue weighted by Gasteiger charge is 2.19. The first kappa shape index (κ1) is 25.4. The Bertz CT molecular complexity index is 1580. The van der Waals surface area contributed by atoms with Crippen molar-refractivity contribution in [2.24, 2.45) is 0 Å². The molecule has 0 saturated carbocycles. The number of benzene rings is 3. The number of carbonyl (C=O) groups excluding carboxylic acids is 1. The van der Waals surface area contributed by atoms with E-state index in [2.05, 4.69) is 10.3 Å². The number of carbonyl (C=O) groups is 1. The van der Waals surface area contributed by atoms with E-state index in [0.29, 0.717) is 35.0 Å². The summed E-state index contributed by atoms with van der Waals surface area (Å²) in [6.45, 7) is 3.01. The highest BCUT2D eigenvalue weighted by Crippen LogP contribution is 2.29. The van der Waals surface area contributed by atoms with Crippen LogP contribution in [-0.4, -0.2) is 39.3 Å². The Labute approximate surface area is 224 Å². The topological polar surface area (TPSA) is 89.0 Å². The molecule has 0 radical (unpaired) electrons. The van der Waals surface area contributed by atoms with E-state index in [0.717, 1.165) is 28.9 Å². The van der Waals surface area contributed by atoms with Gasteiger partial charge in [-0.15, -0.1) is 0 Å². The van der Waals surface area contributed by atoms with Crippen molar-refractivity contribution >= 4 is 28.7 Å². The molecule has 0 atom stereocenters. The Morgan fingerprint density at radius 2 is 1.71 bits per heavy atom. The van der Waals surface area contributed by atoms with Gasteiger partial charge in [0, 0.05) is 18.3 Å². The number of amides is 1. The number of hydrogen-bond donors (Lipinski definition) is 2. The van der Waals surface area contributed by atoms with Gasteiger partial charge in [-0.3, -0.25) is 14.2 Å². The Hall–Kier alpha value is -4.30. The third-order valence-electron chi connectivity index (χ3n) is 6.07. The van der Waals surface area contributed by atoms with Crippen molar-refractivity contribution in [3.8, 4) is 22.6 Å². The molecule has 7 nitrogen and oxygen atoms in total. The van der Waals surface area contributed by atoms with Gasteiger partial charge in [-0.25, -0.2) is 4.98 Å². The molecular weight excluding hydrogens is 496 g/mol. The molecule has 3 aromatic carbocycles. The first-order chi connectivity index (χ1) is 18.6. The zero-order valence-corrected chi connectivity index (χ0v) is 21.8. The van der Waals surface area contributed by atoms with E-state index in [1.54, 1.807) is 4.57 Å². The van der Waals surface area contributed by atoms with Crippen LogP contribution in [0.1, 0.15) is 12.5 Å². The number of rotatable bonds is 10. The molecule has 2 heterocycles. The maximum atomic E-state index is 13.7. The lowest BCUT2D eigenvalue weighted by Crippen LogP contribution is -2.28. The summed E-state index contributed by atoms with van der Waals surface area (Å²) in [7, 11) is 0. The number of thioether (sulfide) groups is 1. The number of aromatic amines is 1. The van der Waals surface area contributed by atoms with E-state index in [1.807, 2.05) is 98.0 Å². The van der Waals surface area contributed by atoms with Crippen molar-refractivity contribution in [2.75, 3.05) is 18.9 Å². The summed E-state index contributed by atoms with van der Waals surface area (Å²) >= 11 is 1.24. The monoisotopic (exact) mass is 524 g/mol. The zero-order chi connectivity index (χ0) is 26.3. The molecule has 0 bridgehead atoms. The Morgan fingerprint density at radius 1 is 1.00 bits per heavy atom. The van der Waals surface area contributed by atoms with E-state index < -0.39 is 0 Å². The summed E-state index contributed by atoms with van der Waals surface area (Å²) in [4.78, 5) is 34.4. The van der Waals surface area contributed by atoms with Crippen LogP contribution in [-0.2, 0) is 11.2 Å². The van der Waals surface area contributed by atoms with Gasteiger partial charge in [0.2, 0.25) is 5.91 Å². The van der Waals surface area contributed by atoms with Crippen LogP contribution in [0.3, 0.4) is 0 Å². The molecule has 192 valence electrons. The van der Waals surface area contributed by atoms with Crippen LogP contribution in [0.15, 0.2) is 101 Å². The van der Waals surface area contributed by atoms with Gasteiger partial charge in [-0.05, 0) is 48.7 Å². The lowest BCUT2D eigenvalue weighted by molar-refractivity contribution is -0.118. The predicted molar refractivity (Wildman–Crippen MR) is 152 cm³/mol. The Morgan fingerprint density at radius 3 is 2.42 bits per heavy atom. The van der Waals surface area contributed by atoms with Crippen LogP contribution in [0.2, 0.25) is 0 Å². The van der Waals surface area contributed by atoms with Crippen molar-refractivity contribution in [3.05, 3.63) is 107 Å². The van der Waals surface area contributed by atoms with Crippen molar-refractivity contribution in [2.45, 2.75) is 18.5 Å². The van der Waals surface area contributed by atoms with Gasteiger partial charge >= 0.3 is 0 Å². The number of aromatic nitrogens is 3. The first-order valence-corrected chi connectivity index (χ1v) is 13.5. The van der Waals surface area contributed by atoms with Crippen molar-refractivity contribution in [1.29, 1.82) is 0 Å². The van der Waals surface area contributed by atoms with Gasteiger partial charge in [0.1, 0.15) is 16.8 Å². The maximum absolute atomic E-state index is 13.7. The average molecular weight is 525 g/mol. The van der Waals surface area contributed by atoms with Crippen LogP contribution in [0.5, 0.6) is 5.75 Å². The van der Waals surface area contributed by atoms with Gasteiger partial charge in [0.05, 0.1) is 18.0 Å². The molecule has 0 aliphatic rings. The summed E-state index contributed by atoms with van der Waals surface area (Å²) in [6, 6.07) is 27.1. The minimum atomic E-state index is -0.228. The lowest BCUT2D eigenvalue weighted by atomic mass is 10.1. The second kappa shape index (κ2) is 11.8. The van der Waals surface area contributed by atoms with Crippen LogP contribution >= 0.6 is 11.8 Å². The highest BCUT2D eigenvalue weighted by molar-refractivity contribution is 7.99. The first-order valence-electron chi connectivity index (χ1n) is 12.5. The van der Waals surface area contributed by atoms with Gasteiger partial charge < -0.3 is 15.0 Å². The summed E-state index contributed by atoms with van der Waals surface area (Å²) < 4.78 is 7.11. The Kier molecular flexibility index (Phi) is 7.89. The maximum Gasteiger partial charge on any atom is 0.283 e. The van der Waals surface area contributed by atoms with Gasteiger partial charge in [0.15, 0.2) is 5.16 Å². The largest absolute Gasteiger partial charge is 0.494 e. The van der Waals surface area contributed by atoms with E-state index in [-0.39, 0.29) is 17.2 Å². The third kappa shape index (κ3) is 5.65. The molecule has 2 aromatic heterocycles.